The zero-order valence-electron chi connectivity index (χ0n) is 12.0. The molecule has 2 unspecified atom stereocenters. The third-order valence-electron chi connectivity index (χ3n) is 3.90. The molecule has 0 fully saturated rings. The lowest BCUT2D eigenvalue weighted by molar-refractivity contribution is 0.107. The lowest BCUT2D eigenvalue weighted by Gasteiger charge is -2.14. The van der Waals surface area contributed by atoms with E-state index in [9.17, 15) is 0 Å². The molecule has 106 valence electrons. The largest absolute Gasteiger partial charge is 0.493 e. The first-order chi connectivity index (χ1) is 9.19. The van der Waals surface area contributed by atoms with Gasteiger partial charge in [0.25, 0.3) is 0 Å². The highest BCUT2D eigenvalue weighted by Crippen LogP contribution is 2.26. The van der Waals surface area contributed by atoms with E-state index in [0.29, 0.717) is 6.10 Å². The molecule has 3 heteroatoms. The first-order valence-electron chi connectivity index (χ1n) is 7.22. The van der Waals surface area contributed by atoms with E-state index in [1.807, 2.05) is 0 Å². The van der Waals surface area contributed by atoms with Crippen LogP contribution in [0, 0.1) is 0 Å². The van der Waals surface area contributed by atoms with Crippen LogP contribution in [0.1, 0.15) is 37.3 Å². The van der Waals surface area contributed by atoms with Crippen LogP contribution >= 0.6 is 0 Å². The van der Waals surface area contributed by atoms with E-state index in [0.717, 1.165) is 44.5 Å². The van der Waals surface area contributed by atoms with Crippen LogP contribution in [0.2, 0.25) is 0 Å². The molecule has 2 N–H and O–H groups in total. The van der Waals surface area contributed by atoms with Crippen LogP contribution in [0.5, 0.6) is 5.75 Å². The summed E-state index contributed by atoms with van der Waals surface area (Å²) < 4.78 is 10.8. The predicted molar refractivity (Wildman–Crippen MR) is 77.6 cm³/mol. The maximum absolute atomic E-state index is 6.16. The molecule has 0 saturated carbocycles. The Balaban J connectivity index is 1.75. The summed E-state index contributed by atoms with van der Waals surface area (Å²) in [7, 11) is 1.75. The molecule has 19 heavy (non-hydrogen) atoms. The van der Waals surface area contributed by atoms with E-state index in [4.69, 9.17) is 15.2 Å². The van der Waals surface area contributed by atoms with Crippen molar-refractivity contribution >= 4 is 0 Å². The fraction of sp³-hybridized carbons (Fsp3) is 0.625. The smallest absolute Gasteiger partial charge is 0.122 e. The van der Waals surface area contributed by atoms with Gasteiger partial charge >= 0.3 is 0 Å². The molecule has 0 aromatic heterocycles. The van der Waals surface area contributed by atoms with Crippen molar-refractivity contribution < 1.29 is 9.47 Å². The van der Waals surface area contributed by atoms with Gasteiger partial charge < -0.3 is 15.2 Å². The monoisotopic (exact) mass is 263 g/mol. The van der Waals surface area contributed by atoms with E-state index in [-0.39, 0.29) is 6.04 Å². The quantitative estimate of drug-likeness (QED) is 0.822. The van der Waals surface area contributed by atoms with Crippen LogP contribution in [0.4, 0.5) is 0 Å². The van der Waals surface area contributed by atoms with Gasteiger partial charge in [0.05, 0.1) is 12.7 Å². The number of aryl methyl sites for hydroxylation is 1. The Morgan fingerprint density at radius 1 is 1.32 bits per heavy atom. The van der Waals surface area contributed by atoms with Crippen molar-refractivity contribution in [2.45, 2.75) is 51.2 Å². The van der Waals surface area contributed by atoms with Crippen LogP contribution in [-0.4, -0.2) is 25.9 Å². The molecule has 1 aromatic carbocycles. The predicted octanol–water partition coefficient (Wildman–Crippen LogP) is 2.70. The van der Waals surface area contributed by atoms with Crippen molar-refractivity contribution in [2.24, 2.45) is 5.73 Å². The van der Waals surface area contributed by atoms with Crippen molar-refractivity contribution in [3.63, 3.8) is 0 Å². The molecule has 0 amide bonds. The molecule has 1 aliphatic heterocycles. The van der Waals surface area contributed by atoms with Gasteiger partial charge in [0.1, 0.15) is 5.75 Å². The van der Waals surface area contributed by atoms with Gasteiger partial charge in [0.15, 0.2) is 0 Å². The highest BCUT2D eigenvalue weighted by molar-refractivity contribution is 5.39. The van der Waals surface area contributed by atoms with Gasteiger partial charge in [-0.05, 0) is 49.8 Å². The SMILES string of the molecule is COC(C)CCC(N)CCc1ccc2c(c1)CCO2. The topological polar surface area (TPSA) is 44.5 Å². The van der Waals surface area contributed by atoms with Crippen LogP contribution in [-0.2, 0) is 17.6 Å². The zero-order valence-corrected chi connectivity index (χ0v) is 12.0. The molecule has 1 aromatic rings. The van der Waals surface area contributed by atoms with Gasteiger partial charge in [-0.1, -0.05) is 12.1 Å². The second kappa shape index (κ2) is 6.92. The van der Waals surface area contributed by atoms with Gasteiger partial charge in [-0.2, -0.15) is 0 Å². The van der Waals surface area contributed by atoms with Crippen molar-refractivity contribution in [3.8, 4) is 5.75 Å². The third kappa shape index (κ3) is 4.22. The van der Waals surface area contributed by atoms with Crippen LogP contribution in [0.15, 0.2) is 18.2 Å². The minimum absolute atomic E-state index is 0.266. The summed E-state index contributed by atoms with van der Waals surface area (Å²) in [5.74, 6) is 1.06. The molecule has 0 bridgehead atoms. The van der Waals surface area contributed by atoms with E-state index in [1.165, 1.54) is 11.1 Å². The summed E-state index contributed by atoms with van der Waals surface area (Å²) in [6.45, 7) is 2.92. The first-order valence-corrected chi connectivity index (χ1v) is 7.22. The second-order valence-corrected chi connectivity index (χ2v) is 5.46. The van der Waals surface area contributed by atoms with Crippen LogP contribution < -0.4 is 10.5 Å². The highest BCUT2D eigenvalue weighted by Gasteiger charge is 2.12. The maximum Gasteiger partial charge on any atom is 0.122 e. The summed E-state index contributed by atoms with van der Waals surface area (Å²) in [6, 6.07) is 6.79. The second-order valence-electron chi connectivity index (χ2n) is 5.46. The van der Waals surface area contributed by atoms with Crippen LogP contribution in [0.3, 0.4) is 0 Å². The molecule has 1 aliphatic rings. The number of ether oxygens (including phenoxy) is 2. The van der Waals surface area contributed by atoms with Crippen molar-refractivity contribution in [1.82, 2.24) is 0 Å². The molecule has 1 heterocycles. The molecule has 0 spiro atoms. The summed E-state index contributed by atoms with van der Waals surface area (Å²) >= 11 is 0. The normalized spacial score (nSPS) is 16.8. The molecule has 0 radical (unpaired) electrons. The molecule has 2 atom stereocenters. The number of fused-ring (bicyclic) bond motifs is 1. The number of rotatable bonds is 7. The van der Waals surface area contributed by atoms with E-state index in [1.54, 1.807) is 7.11 Å². The Labute approximate surface area is 116 Å². The van der Waals surface area contributed by atoms with Crippen molar-refractivity contribution in [1.29, 1.82) is 0 Å². The molecular weight excluding hydrogens is 238 g/mol. The Bertz CT molecular complexity index is 406. The third-order valence-corrected chi connectivity index (χ3v) is 3.90. The number of benzene rings is 1. The van der Waals surface area contributed by atoms with E-state index >= 15 is 0 Å². The summed E-state index contributed by atoms with van der Waals surface area (Å²) in [4.78, 5) is 0. The average molecular weight is 263 g/mol. The molecule has 2 rings (SSSR count). The van der Waals surface area contributed by atoms with Crippen molar-refractivity contribution in [3.05, 3.63) is 29.3 Å². The number of nitrogens with two attached hydrogens (primary N) is 1. The average Bonchev–Trinajstić information content (AvgIpc) is 2.89. The lowest BCUT2D eigenvalue weighted by Crippen LogP contribution is -2.22. The Kier molecular flexibility index (Phi) is 5.23. The fourth-order valence-electron chi connectivity index (χ4n) is 2.46. The van der Waals surface area contributed by atoms with E-state index in [2.05, 4.69) is 25.1 Å². The number of methoxy groups -OCH3 is 1. The van der Waals surface area contributed by atoms with Gasteiger partial charge in [-0.15, -0.1) is 0 Å². The molecule has 0 saturated heterocycles. The summed E-state index contributed by atoms with van der Waals surface area (Å²) in [5, 5.41) is 0. The number of hydrogen-bond acceptors (Lipinski definition) is 3. The zero-order chi connectivity index (χ0) is 13.7. The van der Waals surface area contributed by atoms with Gasteiger partial charge in [0, 0.05) is 19.6 Å². The fourth-order valence-corrected chi connectivity index (χ4v) is 2.46. The minimum atomic E-state index is 0.266. The number of hydrogen-bond donors (Lipinski definition) is 1. The Hall–Kier alpha value is -1.06. The summed E-state index contributed by atoms with van der Waals surface area (Å²) in [6.07, 6.45) is 5.51. The molecule has 0 aliphatic carbocycles. The van der Waals surface area contributed by atoms with Gasteiger partial charge in [-0.3, -0.25) is 0 Å². The molecular formula is C16H25NO2. The van der Waals surface area contributed by atoms with Crippen LogP contribution in [0.25, 0.3) is 0 Å². The summed E-state index contributed by atoms with van der Waals surface area (Å²) in [5.41, 5.74) is 8.88. The molecule has 3 nitrogen and oxygen atoms in total. The van der Waals surface area contributed by atoms with Gasteiger partial charge in [0.2, 0.25) is 0 Å². The standard InChI is InChI=1S/C16H25NO2/c1-12(18-2)3-6-15(17)7-4-13-5-8-16-14(11-13)9-10-19-16/h5,8,11-12,15H,3-4,6-7,9-10,17H2,1-2H3. The Morgan fingerprint density at radius 3 is 2.95 bits per heavy atom. The maximum atomic E-state index is 6.16. The van der Waals surface area contributed by atoms with E-state index < -0.39 is 0 Å². The minimum Gasteiger partial charge on any atom is -0.493 e. The lowest BCUT2D eigenvalue weighted by atomic mass is 9.99. The highest BCUT2D eigenvalue weighted by atomic mass is 16.5. The van der Waals surface area contributed by atoms with Crippen molar-refractivity contribution in [2.75, 3.05) is 13.7 Å². The van der Waals surface area contributed by atoms with Gasteiger partial charge in [-0.25, -0.2) is 0 Å². The Morgan fingerprint density at radius 2 is 2.16 bits per heavy atom. The first kappa shape index (κ1) is 14.4.